The van der Waals surface area contributed by atoms with Crippen molar-refractivity contribution in [3.8, 4) is 28.2 Å². The molecule has 0 atom stereocenters. The summed E-state index contributed by atoms with van der Waals surface area (Å²) in [5.74, 6) is 0.934. The monoisotopic (exact) mass is 606 g/mol. The van der Waals surface area contributed by atoms with Crippen molar-refractivity contribution in [1.29, 1.82) is 0 Å². The van der Waals surface area contributed by atoms with E-state index in [1.54, 1.807) is 0 Å². The van der Waals surface area contributed by atoms with Crippen LogP contribution in [0.15, 0.2) is 177 Å². The van der Waals surface area contributed by atoms with Crippen LogP contribution in [0.4, 0.5) is 0 Å². The lowest BCUT2D eigenvalue weighted by Gasteiger charge is -2.13. The molecule has 1 aliphatic rings. The van der Waals surface area contributed by atoms with E-state index in [0.29, 0.717) is 0 Å². The predicted octanol–water partition coefficient (Wildman–Crippen LogP) is 10.1. The fourth-order valence-corrected chi connectivity index (χ4v) is 6.41. The summed E-state index contributed by atoms with van der Waals surface area (Å²) < 4.78 is 2.25. The van der Waals surface area contributed by atoms with E-state index in [4.69, 9.17) is 4.98 Å². The van der Waals surface area contributed by atoms with E-state index in [9.17, 15) is 0 Å². The van der Waals surface area contributed by atoms with Crippen LogP contribution in [0.2, 0.25) is 0 Å². The summed E-state index contributed by atoms with van der Waals surface area (Å²) in [4.78, 5) is 5.07. The van der Waals surface area contributed by atoms with E-state index in [0.717, 1.165) is 64.9 Å². The topological polar surface area (TPSA) is 17.8 Å². The number of benzene rings is 5. The summed E-state index contributed by atoms with van der Waals surface area (Å²) in [6.45, 7) is 8.48. The molecular weight excluding hydrogens is 569 g/mol. The van der Waals surface area contributed by atoms with Crippen LogP contribution < -0.4 is 10.4 Å². The van der Waals surface area contributed by atoms with Crippen molar-refractivity contribution in [3.05, 3.63) is 193 Å². The Bertz CT molecular complexity index is 2250. The Morgan fingerprint density at radius 3 is 2.09 bits per heavy atom. The molecule has 228 valence electrons. The van der Waals surface area contributed by atoms with Gasteiger partial charge in [-0.15, -0.1) is 6.58 Å². The third-order valence-corrected chi connectivity index (χ3v) is 8.84. The summed E-state index contributed by atoms with van der Waals surface area (Å²) in [7, 11) is 0. The molecule has 0 radical (unpaired) electrons. The summed E-state index contributed by atoms with van der Waals surface area (Å²) in [5.41, 5.74) is 11.4. The second kappa shape index (κ2) is 13.7. The van der Waals surface area contributed by atoms with Gasteiger partial charge in [0.2, 0.25) is 0 Å². The fourth-order valence-electron chi connectivity index (χ4n) is 6.41. The minimum atomic E-state index is 0.885. The van der Waals surface area contributed by atoms with Gasteiger partial charge < -0.3 is 0 Å². The molecule has 0 fully saturated rings. The lowest BCUT2D eigenvalue weighted by atomic mass is 9.92. The minimum absolute atomic E-state index is 0.885. The first-order valence-electron chi connectivity index (χ1n) is 16.4. The van der Waals surface area contributed by atoms with Gasteiger partial charge in [0.1, 0.15) is 5.82 Å². The Kier molecular flexibility index (Phi) is 8.75. The second-order valence-electron chi connectivity index (χ2n) is 11.9. The van der Waals surface area contributed by atoms with Gasteiger partial charge in [0.25, 0.3) is 0 Å². The zero-order valence-corrected chi connectivity index (χ0v) is 26.6. The highest BCUT2D eigenvalue weighted by molar-refractivity contribution is 5.84. The molecule has 5 aromatic carbocycles. The number of fused-ring (bicyclic) bond motifs is 2. The highest BCUT2D eigenvalue weighted by Gasteiger charge is 2.15. The largest absolute Gasteiger partial charge is 0.292 e. The number of para-hydroxylation sites is 3. The average molecular weight is 607 g/mol. The molecule has 1 aromatic heterocycles. The predicted molar refractivity (Wildman–Crippen MR) is 200 cm³/mol. The van der Waals surface area contributed by atoms with Gasteiger partial charge in [-0.3, -0.25) is 4.57 Å². The molecule has 0 spiro atoms. The van der Waals surface area contributed by atoms with Crippen LogP contribution in [0.5, 0.6) is 0 Å². The molecule has 47 heavy (non-hydrogen) atoms. The number of nitrogens with zero attached hydrogens (tertiary/aromatic N) is 2. The van der Waals surface area contributed by atoms with Crippen molar-refractivity contribution in [3.63, 3.8) is 0 Å². The fraction of sp³-hybridized carbons (Fsp3) is 0.0889. The normalized spacial score (nSPS) is 14.9. The molecule has 7 rings (SSSR count). The first-order chi connectivity index (χ1) is 23.2. The zero-order valence-electron chi connectivity index (χ0n) is 26.6. The van der Waals surface area contributed by atoms with Crippen molar-refractivity contribution in [2.75, 3.05) is 0 Å². The first-order valence-corrected chi connectivity index (χ1v) is 16.4. The molecule has 1 aliphatic carbocycles. The van der Waals surface area contributed by atoms with E-state index >= 15 is 0 Å². The van der Waals surface area contributed by atoms with Crippen molar-refractivity contribution in [1.82, 2.24) is 9.55 Å². The molecule has 0 amide bonds. The van der Waals surface area contributed by atoms with E-state index in [2.05, 4.69) is 157 Å². The molecule has 0 N–H and O–H groups in total. The van der Waals surface area contributed by atoms with E-state index < -0.39 is 0 Å². The molecule has 6 aromatic rings. The molecule has 0 saturated heterocycles. The van der Waals surface area contributed by atoms with Crippen LogP contribution in [0.25, 0.3) is 50.4 Å². The number of hydrogen-bond donors (Lipinski definition) is 0. The lowest BCUT2D eigenvalue weighted by molar-refractivity contribution is 1.02. The van der Waals surface area contributed by atoms with Crippen LogP contribution in [0.3, 0.4) is 0 Å². The number of hydrogen-bond acceptors (Lipinski definition) is 1. The Balaban J connectivity index is 1.40. The van der Waals surface area contributed by atoms with Crippen LogP contribution in [0, 0.1) is 0 Å². The third kappa shape index (κ3) is 6.23. The number of rotatable bonds is 8. The van der Waals surface area contributed by atoms with Crippen LogP contribution in [0.1, 0.15) is 31.2 Å². The van der Waals surface area contributed by atoms with Crippen LogP contribution >= 0.6 is 0 Å². The second-order valence-corrected chi connectivity index (χ2v) is 11.9. The van der Waals surface area contributed by atoms with Gasteiger partial charge in [-0.1, -0.05) is 134 Å². The molecule has 0 unspecified atom stereocenters. The summed E-state index contributed by atoms with van der Waals surface area (Å²) in [5, 5.41) is 2.42. The molecular formula is C45H38N2. The number of allylic oxidation sites excluding steroid dienone is 6. The molecule has 0 saturated carbocycles. The van der Waals surface area contributed by atoms with Crippen molar-refractivity contribution < 1.29 is 0 Å². The van der Waals surface area contributed by atoms with E-state index in [1.165, 1.54) is 32.7 Å². The number of aromatic nitrogens is 2. The van der Waals surface area contributed by atoms with Gasteiger partial charge in [0, 0.05) is 11.3 Å². The Hall–Kier alpha value is -5.73. The van der Waals surface area contributed by atoms with Crippen molar-refractivity contribution >= 4 is 22.2 Å². The molecule has 0 aliphatic heterocycles. The van der Waals surface area contributed by atoms with Crippen molar-refractivity contribution in [2.24, 2.45) is 0 Å². The highest BCUT2D eigenvalue weighted by atomic mass is 15.1. The number of imidazole rings is 1. The Morgan fingerprint density at radius 2 is 1.32 bits per heavy atom. The maximum Gasteiger partial charge on any atom is 0.145 e. The van der Waals surface area contributed by atoms with Crippen molar-refractivity contribution in [2.45, 2.75) is 25.7 Å². The van der Waals surface area contributed by atoms with Gasteiger partial charge >= 0.3 is 0 Å². The molecule has 2 heteroatoms. The van der Waals surface area contributed by atoms with E-state index in [-0.39, 0.29) is 0 Å². The molecule has 0 bridgehead atoms. The molecule has 1 heterocycles. The van der Waals surface area contributed by atoms with Gasteiger partial charge in [-0.25, -0.2) is 4.98 Å². The van der Waals surface area contributed by atoms with Crippen LogP contribution in [-0.2, 0) is 0 Å². The summed E-state index contributed by atoms with van der Waals surface area (Å²) >= 11 is 0. The highest BCUT2D eigenvalue weighted by Crippen LogP contribution is 2.30. The lowest BCUT2D eigenvalue weighted by Crippen LogP contribution is -2.30. The third-order valence-electron chi connectivity index (χ3n) is 8.84. The molecule has 2 nitrogen and oxygen atoms in total. The van der Waals surface area contributed by atoms with Gasteiger partial charge in [-0.2, -0.15) is 0 Å². The SMILES string of the molecule is C=CCCC(=C)C1=c2ccc(-c3ccc(-c4nc5ccccc5n4-c4ccccc4)cc3)c/c2=C(c2ccccc2)/C=C/CCC=C1. The van der Waals surface area contributed by atoms with Gasteiger partial charge in [0.05, 0.1) is 11.0 Å². The van der Waals surface area contributed by atoms with Crippen LogP contribution in [-0.4, -0.2) is 9.55 Å². The Morgan fingerprint density at radius 1 is 0.660 bits per heavy atom. The minimum Gasteiger partial charge on any atom is -0.292 e. The first kappa shape index (κ1) is 30.0. The Labute approximate surface area is 277 Å². The summed E-state index contributed by atoms with van der Waals surface area (Å²) in [6, 6.07) is 45.2. The maximum atomic E-state index is 5.07. The standard InChI is InChI=1S/C45H38N2/c1-3-4-17-33(2)39-22-13-5-6-14-23-40(35-18-9-7-10-19-35)42-32-37(30-31-41(39)42)34-26-28-36(29-27-34)45-46-43-24-15-16-25-44(43)47(45)38-20-11-8-12-21-38/h3,7-16,18-32H,1-2,4-6,17H2/b22-13?,23-14+,41-39?,42-40+. The maximum absolute atomic E-state index is 5.07. The van der Waals surface area contributed by atoms with Gasteiger partial charge in [-0.05, 0) is 99.9 Å². The van der Waals surface area contributed by atoms with Gasteiger partial charge in [0.15, 0.2) is 0 Å². The quantitative estimate of drug-likeness (QED) is 0.158. The smallest absolute Gasteiger partial charge is 0.145 e. The summed E-state index contributed by atoms with van der Waals surface area (Å²) in [6.07, 6.45) is 14.9. The average Bonchev–Trinajstić information content (AvgIpc) is 3.52. The van der Waals surface area contributed by atoms with E-state index in [1.807, 2.05) is 18.2 Å². The zero-order chi connectivity index (χ0) is 32.0.